The summed E-state index contributed by atoms with van der Waals surface area (Å²) in [6.45, 7) is 7.36. The maximum absolute atomic E-state index is 14.1. The number of alkyl halides is 6. The lowest BCUT2D eigenvalue weighted by molar-refractivity contribution is -0.145. The van der Waals surface area contributed by atoms with Crippen molar-refractivity contribution in [1.29, 1.82) is 0 Å². The fourth-order valence-corrected chi connectivity index (χ4v) is 11.4. The van der Waals surface area contributed by atoms with E-state index in [4.69, 9.17) is 18.5 Å². The van der Waals surface area contributed by atoms with Crippen LogP contribution in [0.2, 0.25) is 0 Å². The van der Waals surface area contributed by atoms with Gasteiger partial charge in [-0.2, -0.15) is 59.9 Å². The van der Waals surface area contributed by atoms with Crippen molar-refractivity contribution in [3.63, 3.8) is 0 Å². The van der Waals surface area contributed by atoms with Crippen LogP contribution in [0.25, 0.3) is 0 Å². The number of carbonyl (C=O) groups excluding carboxylic acids is 2. The Balaban J connectivity index is 1.20. The molecule has 2 heterocycles. The Morgan fingerprint density at radius 2 is 1.54 bits per heavy atom. The summed E-state index contributed by atoms with van der Waals surface area (Å²) >= 11 is 3.12. The Hall–Kier alpha value is -4.41. The van der Waals surface area contributed by atoms with Crippen molar-refractivity contribution in [2.45, 2.75) is 120 Å². The number of amides is 1. The molecule has 396 valence electrons. The van der Waals surface area contributed by atoms with Gasteiger partial charge in [0.25, 0.3) is 0 Å². The van der Waals surface area contributed by atoms with E-state index in [-0.39, 0.29) is 29.8 Å². The van der Waals surface area contributed by atoms with Crippen LogP contribution in [0.5, 0.6) is 5.75 Å². The molecule has 3 unspecified atom stereocenters. The monoisotopic (exact) mass is 1070 g/mol. The van der Waals surface area contributed by atoms with E-state index in [1.807, 2.05) is 20.8 Å². The molecule has 72 heavy (non-hydrogen) atoms. The van der Waals surface area contributed by atoms with Gasteiger partial charge in [-0.05, 0) is 97.4 Å². The zero-order valence-electron chi connectivity index (χ0n) is 40.4. The van der Waals surface area contributed by atoms with Crippen LogP contribution in [0.15, 0.2) is 95.9 Å². The third-order valence-electron chi connectivity index (χ3n) is 11.8. The summed E-state index contributed by atoms with van der Waals surface area (Å²) in [5, 5.41) is 27.2. The van der Waals surface area contributed by atoms with Gasteiger partial charge in [0.05, 0.1) is 42.5 Å². The first kappa shape index (κ1) is 58.5. The highest BCUT2D eigenvalue weighted by Gasteiger charge is 2.55. The Labute approximate surface area is 422 Å². The third-order valence-corrected chi connectivity index (χ3v) is 15.9. The number of carbonyl (C=O) groups is 2. The number of halogens is 6. The van der Waals surface area contributed by atoms with Gasteiger partial charge in [0, 0.05) is 29.4 Å². The highest BCUT2D eigenvalue weighted by molar-refractivity contribution is 7.99. The van der Waals surface area contributed by atoms with Crippen LogP contribution in [0.1, 0.15) is 95.2 Å². The molecule has 4 N–H and O–H groups in total. The van der Waals surface area contributed by atoms with Crippen molar-refractivity contribution in [3.05, 3.63) is 124 Å². The standard InChI is InChI=1S/C49H61F6N4O10PS2/c1-6-25-66-43(63)32(2)58-70(65,69-37-10-8-7-9-11-37)67-28-39-42(62)47(5,31-60)44(68-39)59-24-21-40(57-45(59)64)56-41(61)27-46(3,4)23-20-38(72-30-34-14-18-36(19-15-34)49(53,54)55)22-26-71-29-33-12-16-35(17-13-33)48(50,51)52/h7-19,21,24,32,38-39,42,44,60,62H,6,20,22-23,25-31H2,1-5H3,(H,58,65)(H,56,57,61,64)/t32-,38+,39?,42-,44+,47?,70?/m0/s1. The van der Waals surface area contributed by atoms with E-state index in [0.29, 0.717) is 48.5 Å². The molecule has 0 saturated carbocycles. The number of anilines is 1. The van der Waals surface area contributed by atoms with Gasteiger partial charge in [-0.3, -0.25) is 18.7 Å². The van der Waals surface area contributed by atoms with Gasteiger partial charge in [-0.15, -0.1) is 0 Å². The summed E-state index contributed by atoms with van der Waals surface area (Å²) in [5.74, 6) is 0.484. The van der Waals surface area contributed by atoms with E-state index in [0.717, 1.165) is 34.4 Å². The second-order valence-corrected chi connectivity index (χ2v) is 22.5. The minimum absolute atomic E-state index is 0.0182. The highest BCUT2D eigenvalue weighted by Crippen LogP contribution is 2.49. The second-order valence-electron chi connectivity index (χ2n) is 18.4. The zero-order valence-corrected chi connectivity index (χ0v) is 42.9. The molecule has 0 bridgehead atoms. The van der Waals surface area contributed by atoms with E-state index >= 15 is 0 Å². The van der Waals surface area contributed by atoms with Gasteiger partial charge in [0.2, 0.25) is 5.91 Å². The molecular weight excluding hydrogens is 1010 g/mol. The number of ether oxygens (including phenoxy) is 2. The van der Waals surface area contributed by atoms with E-state index in [1.165, 1.54) is 62.5 Å². The Morgan fingerprint density at radius 1 is 0.931 bits per heavy atom. The Bertz CT molecular complexity index is 2490. The summed E-state index contributed by atoms with van der Waals surface area (Å²) in [5.41, 5.74) is -3.03. The quantitative estimate of drug-likeness (QED) is 0.0201. The third kappa shape index (κ3) is 17.1. The fourth-order valence-electron chi connectivity index (χ4n) is 7.58. The van der Waals surface area contributed by atoms with E-state index in [2.05, 4.69) is 15.4 Å². The van der Waals surface area contributed by atoms with Crippen molar-refractivity contribution in [2.24, 2.45) is 10.8 Å². The van der Waals surface area contributed by atoms with Gasteiger partial charge in [-0.25, -0.2) is 9.36 Å². The van der Waals surface area contributed by atoms with Crippen LogP contribution < -0.4 is 20.6 Å². The Kier molecular flexibility index (Phi) is 20.9. The molecule has 0 spiro atoms. The van der Waals surface area contributed by atoms with Gasteiger partial charge >= 0.3 is 31.8 Å². The van der Waals surface area contributed by atoms with Gasteiger partial charge in [0.15, 0.2) is 0 Å². The molecule has 23 heteroatoms. The van der Waals surface area contributed by atoms with E-state index in [9.17, 15) is 55.5 Å². The minimum atomic E-state index is -4.46. The zero-order chi connectivity index (χ0) is 52.9. The molecule has 0 aliphatic carbocycles. The summed E-state index contributed by atoms with van der Waals surface area (Å²) in [4.78, 5) is 43.6. The lowest BCUT2D eigenvalue weighted by Gasteiger charge is -2.31. The largest absolute Gasteiger partial charge is 0.465 e. The number of benzene rings is 3. The molecule has 1 aliphatic rings. The molecule has 14 nitrogen and oxygen atoms in total. The molecule has 1 amide bonds. The summed E-state index contributed by atoms with van der Waals surface area (Å²) < 4.78 is 116. The number of aromatic nitrogens is 2. The summed E-state index contributed by atoms with van der Waals surface area (Å²) in [6, 6.07) is 18.2. The topological polar surface area (TPSA) is 188 Å². The first-order chi connectivity index (χ1) is 33.8. The molecule has 3 aromatic carbocycles. The average Bonchev–Trinajstić information content (AvgIpc) is 3.57. The van der Waals surface area contributed by atoms with Crippen molar-refractivity contribution >= 4 is 49.0 Å². The number of aliphatic hydroxyl groups is 2. The van der Waals surface area contributed by atoms with Crippen LogP contribution in [0.4, 0.5) is 32.2 Å². The van der Waals surface area contributed by atoms with Gasteiger partial charge in [0.1, 0.15) is 29.9 Å². The first-order valence-electron chi connectivity index (χ1n) is 23.1. The SMILES string of the molecule is CCCOC(=O)[C@H](C)NP(=O)(OCC1O[C@@H](n2ccc(NC(=O)CC(C)(C)CC[C@H](CCSCc3ccc(C(F)(F)F)cc3)SCc3ccc(C(F)(F)F)cc3)nc2=O)C(C)(CO)[C@H]1O)Oc1ccccc1. The number of hydrogen-bond acceptors (Lipinski definition) is 13. The molecule has 5 rings (SSSR count). The number of esters is 1. The maximum Gasteiger partial charge on any atom is 0.459 e. The van der Waals surface area contributed by atoms with Crippen molar-refractivity contribution in [1.82, 2.24) is 14.6 Å². The van der Waals surface area contributed by atoms with Gasteiger partial charge < -0.3 is 29.5 Å². The van der Waals surface area contributed by atoms with Crippen LogP contribution >= 0.6 is 31.3 Å². The number of nitrogens with zero attached hydrogens (tertiary/aromatic N) is 2. The second kappa shape index (κ2) is 25.7. The van der Waals surface area contributed by atoms with Crippen molar-refractivity contribution in [2.75, 3.05) is 30.9 Å². The van der Waals surface area contributed by atoms with Crippen LogP contribution in [0, 0.1) is 10.8 Å². The number of para-hydroxylation sites is 1. The smallest absolute Gasteiger partial charge is 0.459 e. The predicted molar refractivity (Wildman–Crippen MR) is 263 cm³/mol. The number of hydrogen-bond donors (Lipinski definition) is 4. The molecule has 1 aliphatic heterocycles. The van der Waals surface area contributed by atoms with Crippen LogP contribution in [-0.4, -0.2) is 80.7 Å². The maximum atomic E-state index is 14.1. The lowest BCUT2D eigenvalue weighted by atomic mass is 9.83. The number of thioether (sulfide) groups is 2. The molecular formula is C49H61F6N4O10PS2. The van der Waals surface area contributed by atoms with Crippen molar-refractivity contribution in [3.8, 4) is 5.75 Å². The molecule has 4 aromatic rings. The van der Waals surface area contributed by atoms with Crippen LogP contribution in [-0.2, 0) is 52.0 Å². The predicted octanol–water partition coefficient (Wildman–Crippen LogP) is 10.4. The molecule has 1 saturated heterocycles. The molecule has 1 fully saturated rings. The molecule has 0 radical (unpaired) electrons. The highest BCUT2D eigenvalue weighted by atomic mass is 32.2. The summed E-state index contributed by atoms with van der Waals surface area (Å²) in [6.07, 6.45) is -9.27. The minimum Gasteiger partial charge on any atom is -0.465 e. The normalized spacial score (nSPS) is 20.1. The number of aliphatic hydroxyl groups excluding tert-OH is 2. The first-order valence-corrected chi connectivity index (χ1v) is 26.9. The Morgan fingerprint density at radius 3 is 2.11 bits per heavy atom. The number of rotatable bonds is 26. The van der Waals surface area contributed by atoms with E-state index in [1.54, 1.807) is 41.7 Å². The fraction of sp³-hybridized carbons (Fsp3) is 0.510. The number of nitrogens with one attached hydrogen (secondary N) is 2. The van der Waals surface area contributed by atoms with Crippen molar-refractivity contribution < 1.29 is 69.2 Å². The van der Waals surface area contributed by atoms with Gasteiger partial charge in [-0.1, -0.05) is 70.2 Å². The molecule has 1 aromatic heterocycles. The molecule has 7 atom stereocenters. The van der Waals surface area contributed by atoms with Crippen LogP contribution in [0.3, 0.4) is 0 Å². The van der Waals surface area contributed by atoms with E-state index < -0.39 is 97.3 Å². The average molecular weight is 1080 g/mol. The lowest BCUT2D eigenvalue weighted by Crippen LogP contribution is -2.43. The summed E-state index contributed by atoms with van der Waals surface area (Å²) in [7, 11) is -4.38.